The molecule has 3 unspecified atom stereocenters. The van der Waals surface area contributed by atoms with Crippen LogP contribution in [0.2, 0.25) is 0 Å². The lowest BCUT2D eigenvalue weighted by atomic mass is 9.69. The van der Waals surface area contributed by atoms with Crippen molar-refractivity contribution in [2.75, 3.05) is 0 Å². The van der Waals surface area contributed by atoms with Crippen LogP contribution in [0, 0.1) is 5.41 Å². The summed E-state index contributed by atoms with van der Waals surface area (Å²) >= 11 is 0. The molecular formula is C51H28. The van der Waals surface area contributed by atoms with Crippen LogP contribution >= 0.6 is 0 Å². The van der Waals surface area contributed by atoms with Crippen LogP contribution in [0.4, 0.5) is 0 Å². The molecule has 0 nitrogen and oxygen atoms in total. The Hall–Kier alpha value is -5.20. The molecule has 0 aliphatic heterocycles. The van der Waals surface area contributed by atoms with Gasteiger partial charge in [0.15, 0.2) is 0 Å². The lowest BCUT2D eigenvalue weighted by molar-refractivity contribution is 0.464. The Morgan fingerprint density at radius 2 is 1.06 bits per heavy atom. The highest BCUT2D eigenvalue weighted by molar-refractivity contribution is 6.62. The van der Waals surface area contributed by atoms with Crippen molar-refractivity contribution in [1.29, 1.82) is 0 Å². The molecule has 3 atom stereocenters. The lowest BCUT2D eigenvalue weighted by Gasteiger charge is -2.32. The van der Waals surface area contributed by atoms with Gasteiger partial charge in [0, 0.05) is 16.2 Å². The molecule has 6 aliphatic rings. The molecule has 0 aromatic heterocycles. The third-order valence-electron chi connectivity index (χ3n) is 17.2. The van der Waals surface area contributed by atoms with E-state index in [4.69, 9.17) is 0 Å². The molecule has 18 rings (SSSR count). The Morgan fingerprint density at radius 1 is 0.490 bits per heavy atom. The third-order valence-corrected chi connectivity index (χ3v) is 17.2. The van der Waals surface area contributed by atoms with Gasteiger partial charge in [0.2, 0.25) is 0 Å². The van der Waals surface area contributed by atoms with Crippen LogP contribution in [0.25, 0.3) is 114 Å². The van der Waals surface area contributed by atoms with E-state index < -0.39 is 0 Å². The Balaban J connectivity index is 1.25. The van der Waals surface area contributed by atoms with Gasteiger partial charge < -0.3 is 0 Å². The van der Waals surface area contributed by atoms with Crippen LogP contribution < -0.4 is 5.22 Å². The third kappa shape index (κ3) is 1.67. The number of benzene rings is 8. The van der Waals surface area contributed by atoms with Gasteiger partial charge in [0.25, 0.3) is 0 Å². The fourth-order valence-electron chi connectivity index (χ4n) is 16.4. The predicted molar refractivity (Wildman–Crippen MR) is 213 cm³/mol. The highest BCUT2D eigenvalue weighted by atomic mass is 14.9. The van der Waals surface area contributed by atoms with Gasteiger partial charge in [-0.25, -0.2) is 0 Å². The second-order valence-corrected chi connectivity index (χ2v) is 18.3. The van der Waals surface area contributed by atoms with Gasteiger partial charge in [-0.3, -0.25) is 0 Å². The molecular weight excluding hydrogens is 613 g/mol. The minimum Gasteiger partial charge on any atom is -0.0681 e. The molecule has 0 radical (unpaired) electrons. The standard InChI is InChI=1S/C51H28/c1-2-3-7-10-50(28-8-5-4-6-9-28)49-18-26-16-24-14-22-13-23-12-20-11-21-15-25-17-27(19-49)47-45-34(25)38-30(21)29(20)36-33(23)37-31(22)32(24)39-35(26)48(51(47,49)50)46-43(39)41(37)40(36)42(38)44(45)46/h4-6,8-9,11,13,15-17,19H,2-3,7,10,12,14,18H2,1H3. The average molecular weight is 641 g/mol. The first-order chi connectivity index (χ1) is 25.2. The van der Waals surface area contributed by atoms with E-state index in [1.807, 2.05) is 0 Å². The van der Waals surface area contributed by atoms with Gasteiger partial charge in [0.1, 0.15) is 0 Å². The van der Waals surface area contributed by atoms with Crippen LogP contribution in [0.5, 0.6) is 0 Å². The van der Waals surface area contributed by atoms with Gasteiger partial charge in [-0.15, -0.1) is 0 Å². The van der Waals surface area contributed by atoms with Crippen molar-refractivity contribution in [1.82, 2.24) is 0 Å². The fourth-order valence-corrected chi connectivity index (χ4v) is 16.4. The minimum atomic E-state index is -0.00745. The molecule has 232 valence electrons. The van der Waals surface area contributed by atoms with E-state index in [1.54, 1.807) is 147 Å². The lowest BCUT2D eigenvalue weighted by Crippen LogP contribution is -2.30. The fraction of sp³-hybridized carbons (Fsp3) is 0.216. The molecule has 0 saturated heterocycles. The second kappa shape index (κ2) is 6.19. The van der Waals surface area contributed by atoms with Crippen LogP contribution in [-0.2, 0) is 30.1 Å². The summed E-state index contributed by atoms with van der Waals surface area (Å²) in [5.74, 6) is 0. The van der Waals surface area contributed by atoms with Crippen molar-refractivity contribution in [3.63, 3.8) is 0 Å². The summed E-state index contributed by atoms with van der Waals surface area (Å²) in [7, 11) is 0. The second-order valence-electron chi connectivity index (χ2n) is 18.3. The Labute approximate surface area is 291 Å². The van der Waals surface area contributed by atoms with E-state index in [0.717, 1.165) is 12.8 Å². The zero-order chi connectivity index (χ0) is 32.0. The zero-order valence-electron chi connectivity index (χ0n) is 28.3. The molecule has 0 N–H and O–H groups in total. The molecule has 1 saturated carbocycles. The molecule has 0 heterocycles. The maximum Gasteiger partial charge on any atom is 0.0436 e. The summed E-state index contributed by atoms with van der Waals surface area (Å²) < 4.78 is 0. The van der Waals surface area contributed by atoms with E-state index in [2.05, 4.69) is 73.7 Å². The predicted octanol–water partition coefficient (Wildman–Crippen LogP) is 11.8. The SMILES string of the molecule is CCCCCC1(c2ccccc2)C23C=c4cc5cc6cc7c8c6c6c5c5c4C21c1c2c(cc4c9c%10c(cc(c%11c%10c%10c(c1c5c6c%10c8%11)c29)C7)C4)C3. The largest absolute Gasteiger partial charge is 0.0681 e. The monoisotopic (exact) mass is 640 g/mol. The zero-order valence-corrected chi connectivity index (χ0v) is 28.3. The number of hydrogen-bond acceptors (Lipinski definition) is 0. The van der Waals surface area contributed by atoms with Crippen molar-refractivity contribution < 1.29 is 0 Å². The summed E-state index contributed by atoms with van der Waals surface area (Å²) in [5, 5.41) is 34.1. The summed E-state index contributed by atoms with van der Waals surface area (Å²) in [5.41, 5.74) is 13.3. The van der Waals surface area contributed by atoms with Gasteiger partial charge in [0.05, 0.1) is 0 Å². The molecule has 0 heteroatoms. The average Bonchev–Trinajstić information content (AvgIpc) is 3.86. The maximum atomic E-state index is 2.90. The quantitative estimate of drug-likeness (QED) is 0.130. The highest BCUT2D eigenvalue weighted by Crippen LogP contribution is 2.90. The topological polar surface area (TPSA) is 0 Å². The van der Waals surface area contributed by atoms with Crippen molar-refractivity contribution in [3.05, 3.63) is 110 Å². The normalized spacial score (nSPS) is 25.8. The minimum absolute atomic E-state index is 0.00745. The first-order valence-electron chi connectivity index (χ1n) is 19.8. The first kappa shape index (κ1) is 23.3. The molecule has 1 spiro atoms. The molecule has 51 heavy (non-hydrogen) atoms. The Bertz CT molecular complexity index is 3840. The maximum absolute atomic E-state index is 2.90. The van der Waals surface area contributed by atoms with E-state index in [9.17, 15) is 0 Å². The van der Waals surface area contributed by atoms with Crippen LogP contribution in [0.1, 0.15) is 77.1 Å². The molecule has 12 aromatic rings. The van der Waals surface area contributed by atoms with Crippen molar-refractivity contribution >= 4 is 114 Å². The van der Waals surface area contributed by atoms with Gasteiger partial charge in [-0.2, -0.15) is 0 Å². The Kier molecular flexibility index (Phi) is 2.83. The van der Waals surface area contributed by atoms with Gasteiger partial charge in [-0.05, 0) is 195 Å². The van der Waals surface area contributed by atoms with Gasteiger partial charge >= 0.3 is 0 Å². The summed E-state index contributed by atoms with van der Waals surface area (Å²) in [4.78, 5) is 0. The number of hydrogen-bond donors (Lipinski definition) is 0. The van der Waals surface area contributed by atoms with E-state index in [-0.39, 0.29) is 16.2 Å². The van der Waals surface area contributed by atoms with E-state index in [0.29, 0.717) is 0 Å². The number of rotatable bonds is 5. The summed E-state index contributed by atoms with van der Waals surface area (Å²) in [6.45, 7) is 2.39. The molecule has 12 aromatic carbocycles. The molecule has 0 amide bonds. The molecule has 1 fully saturated rings. The van der Waals surface area contributed by atoms with Crippen molar-refractivity contribution in [3.8, 4) is 0 Å². The van der Waals surface area contributed by atoms with Gasteiger partial charge in [-0.1, -0.05) is 80.8 Å². The van der Waals surface area contributed by atoms with Crippen molar-refractivity contribution in [2.45, 2.75) is 62.7 Å². The molecule has 0 bridgehead atoms. The van der Waals surface area contributed by atoms with Crippen LogP contribution in [-0.4, -0.2) is 0 Å². The highest BCUT2D eigenvalue weighted by Gasteiger charge is 2.90. The number of unbranched alkanes of at least 4 members (excludes halogenated alkanes) is 2. The smallest absolute Gasteiger partial charge is 0.0436 e. The van der Waals surface area contributed by atoms with Crippen LogP contribution in [0.3, 0.4) is 0 Å². The summed E-state index contributed by atoms with van der Waals surface area (Å²) in [6, 6.07) is 25.4. The van der Waals surface area contributed by atoms with E-state index in [1.165, 1.54) is 42.9 Å². The molecule has 6 aliphatic carbocycles. The van der Waals surface area contributed by atoms with Crippen LogP contribution in [0.15, 0.2) is 60.7 Å². The van der Waals surface area contributed by atoms with E-state index >= 15 is 0 Å². The van der Waals surface area contributed by atoms with Crippen molar-refractivity contribution in [2.24, 2.45) is 5.41 Å². The summed E-state index contributed by atoms with van der Waals surface area (Å²) in [6.07, 6.45) is 11.4. The first-order valence-corrected chi connectivity index (χ1v) is 19.8. The Morgan fingerprint density at radius 3 is 1.84 bits per heavy atom.